The van der Waals surface area contributed by atoms with Crippen molar-refractivity contribution in [2.45, 2.75) is 182 Å². The van der Waals surface area contributed by atoms with Crippen molar-refractivity contribution in [1.29, 1.82) is 0 Å². The van der Waals surface area contributed by atoms with Crippen molar-refractivity contribution in [3.63, 3.8) is 0 Å². The number of aromatic nitrogens is 6. The van der Waals surface area contributed by atoms with E-state index in [0.29, 0.717) is 58.6 Å². The van der Waals surface area contributed by atoms with Gasteiger partial charge in [-0.2, -0.15) is 10.2 Å². The molecule has 8 heterocycles. The molecular formula is C63H82Cl2N18O9. The maximum absolute atomic E-state index is 13.8. The lowest BCUT2D eigenvalue weighted by atomic mass is 9.97. The topological polar surface area (TPSA) is 328 Å². The number of carbonyl (C=O) groups is 5. The van der Waals surface area contributed by atoms with Crippen LogP contribution in [0.2, 0.25) is 10.0 Å². The van der Waals surface area contributed by atoms with Crippen LogP contribution < -0.4 is 20.4 Å². The van der Waals surface area contributed by atoms with Gasteiger partial charge in [0.05, 0.1) is 54.2 Å². The molecule has 4 aliphatic rings. The van der Waals surface area contributed by atoms with Gasteiger partial charge in [-0.3, -0.25) is 9.69 Å². The van der Waals surface area contributed by atoms with Crippen LogP contribution in [-0.2, 0) is 27.3 Å². The molecule has 4 aromatic heterocycles. The zero-order valence-corrected chi connectivity index (χ0v) is 55.5. The molecular weight excluding hydrogens is 1220 g/mol. The molecule has 3 N–H and O–H groups in total. The van der Waals surface area contributed by atoms with Gasteiger partial charge in [-0.25, -0.2) is 38.2 Å². The zero-order valence-electron chi connectivity index (χ0n) is 54.0. The van der Waals surface area contributed by atoms with E-state index in [-0.39, 0.29) is 54.8 Å². The highest BCUT2D eigenvalue weighted by molar-refractivity contribution is 6.31. The van der Waals surface area contributed by atoms with Crippen LogP contribution in [0.15, 0.2) is 71.2 Å². The molecule has 4 aliphatic heterocycles. The van der Waals surface area contributed by atoms with Gasteiger partial charge >= 0.3 is 24.2 Å². The third kappa shape index (κ3) is 18.5. The summed E-state index contributed by atoms with van der Waals surface area (Å²) in [5.74, 6) is 0.485. The van der Waals surface area contributed by atoms with Gasteiger partial charge in [0, 0.05) is 100 Å². The Morgan fingerprint density at radius 3 is 1.46 bits per heavy atom. The lowest BCUT2D eigenvalue weighted by Crippen LogP contribution is -2.42. The molecule has 2 aromatic carbocycles. The van der Waals surface area contributed by atoms with E-state index in [1.807, 2.05) is 106 Å². The predicted molar refractivity (Wildman–Crippen MR) is 348 cm³/mol. The number of likely N-dealkylation sites (tertiary alicyclic amines) is 2. The molecule has 0 unspecified atom stereocenters. The smallest absolute Gasteiger partial charge is 0.410 e. The number of rotatable bonds is 12. The van der Waals surface area contributed by atoms with E-state index in [1.54, 1.807) is 38.2 Å². The van der Waals surface area contributed by atoms with Crippen LogP contribution in [0.3, 0.4) is 0 Å². The van der Waals surface area contributed by atoms with Crippen molar-refractivity contribution in [3.8, 4) is 0 Å². The third-order valence-electron chi connectivity index (χ3n) is 15.5. The molecule has 4 fully saturated rings. The van der Waals surface area contributed by atoms with Crippen LogP contribution in [0.5, 0.6) is 0 Å². The number of fused-ring (bicyclic) bond motifs is 2. The molecule has 4 saturated heterocycles. The van der Waals surface area contributed by atoms with Gasteiger partial charge in [0.1, 0.15) is 28.4 Å². The van der Waals surface area contributed by atoms with E-state index in [4.69, 9.17) is 73.7 Å². The average molecular weight is 1310 g/mol. The number of carbonyl (C=O) groups excluding carboxylic acids is 4. The molecule has 0 spiro atoms. The van der Waals surface area contributed by atoms with Crippen LogP contribution in [0.1, 0.15) is 180 Å². The number of carboxylic acid groups (broad SMARTS) is 1. The lowest BCUT2D eigenvalue weighted by molar-refractivity contribution is 0.00888. The van der Waals surface area contributed by atoms with Crippen molar-refractivity contribution >= 4 is 76.3 Å². The molecule has 29 heteroatoms. The fourth-order valence-corrected chi connectivity index (χ4v) is 11.8. The van der Waals surface area contributed by atoms with E-state index in [9.17, 15) is 24.0 Å². The quantitative estimate of drug-likeness (QED) is 0.0444. The molecule has 492 valence electrons. The van der Waals surface area contributed by atoms with E-state index in [2.05, 4.69) is 40.5 Å². The van der Waals surface area contributed by atoms with Crippen LogP contribution in [0, 0.1) is 13.8 Å². The fraction of sp³-hybridized carbons (Fsp3) is 0.540. The number of halogens is 2. The Labute approximate surface area is 544 Å². The number of piperidine rings is 2. The number of nitrogens with zero attached hydrogens (tertiary/aromatic N) is 16. The molecule has 27 nitrogen and oxygen atoms in total. The van der Waals surface area contributed by atoms with Gasteiger partial charge in [-0.05, 0) is 174 Å². The second-order valence-corrected chi connectivity index (χ2v) is 27.1. The summed E-state index contributed by atoms with van der Waals surface area (Å²) < 4.78 is 20.0. The average Bonchev–Trinajstić information content (AvgIpc) is 1.60. The second-order valence-electron chi connectivity index (χ2n) is 26.3. The predicted octanol–water partition coefficient (Wildman–Crippen LogP) is 13.4. The minimum atomic E-state index is -1.09. The number of nitrogens with one attached hydrogen (secondary N) is 2. The number of benzene rings is 2. The number of amides is 4. The molecule has 0 bridgehead atoms. The van der Waals surface area contributed by atoms with Crippen LogP contribution in [0.4, 0.5) is 26.0 Å². The van der Waals surface area contributed by atoms with Crippen molar-refractivity contribution in [1.82, 2.24) is 49.6 Å². The third-order valence-corrected chi connectivity index (χ3v) is 15.9. The van der Waals surface area contributed by atoms with Gasteiger partial charge in [0.15, 0.2) is 11.3 Å². The number of aryl methyl sites for hydroxylation is 2. The van der Waals surface area contributed by atoms with Crippen LogP contribution >= 0.6 is 23.2 Å². The van der Waals surface area contributed by atoms with Gasteiger partial charge in [0.25, 0.3) is 5.91 Å². The summed E-state index contributed by atoms with van der Waals surface area (Å²) in [6.07, 6.45) is 9.93. The summed E-state index contributed by atoms with van der Waals surface area (Å²) in [5, 5.41) is 32.1. The minimum absolute atomic E-state index is 0.00220. The van der Waals surface area contributed by atoms with Crippen LogP contribution in [-0.4, -0.2) is 142 Å². The first kappa shape index (κ1) is 69.1. The molecule has 4 atom stereocenters. The summed E-state index contributed by atoms with van der Waals surface area (Å²) in [6.45, 7) is 24.9. The van der Waals surface area contributed by atoms with Crippen LogP contribution in [0.25, 0.3) is 32.2 Å². The van der Waals surface area contributed by atoms with Gasteiger partial charge in [-0.15, -0.1) is 0 Å². The van der Waals surface area contributed by atoms with Gasteiger partial charge in [0.2, 0.25) is 0 Å². The van der Waals surface area contributed by atoms with Gasteiger partial charge < -0.3 is 44.7 Å². The monoisotopic (exact) mass is 1300 g/mol. The summed E-state index contributed by atoms with van der Waals surface area (Å²) in [5.41, 5.74) is 21.9. The first-order valence-corrected chi connectivity index (χ1v) is 31.6. The Morgan fingerprint density at radius 1 is 0.598 bits per heavy atom. The summed E-state index contributed by atoms with van der Waals surface area (Å²) in [7, 11) is 0. The van der Waals surface area contributed by atoms with E-state index >= 15 is 0 Å². The van der Waals surface area contributed by atoms with Gasteiger partial charge in [-0.1, -0.05) is 45.6 Å². The number of alkyl carbamates (subject to hydrolysis) is 2. The molecule has 92 heavy (non-hydrogen) atoms. The molecule has 10 rings (SSSR count). The van der Waals surface area contributed by atoms with E-state index < -0.39 is 35.0 Å². The molecule has 0 saturated carbocycles. The Kier molecular flexibility index (Phi) is 22.3. The lowest BCUT2D eigenvalue weighted by Gasteiger charge is -2.35. The molecule has 4 amide bonds. The Bertz CT molecular complexity index is 3790. The number of hydrogen-bond donors (Lipinski definition) is 3. The number of azide groups is 2. The molecule has 0 aliphatic carbocycles. The highest BCUT2D eigenvalue weighted by Crippen LogP contribution is 2.36. The Hall–Kier alpha value is -8.77. The van der Waals surface area contributed by atoms with Crippen molar-refractivity contribution in [3.05, 3.63) is 137 Å². The Morgan fingerprint density at radius 2 is 1.02 bits per heavy atom. The summed E-state index contributed by atoms with van der Waals surface area (Å²) in [6, 6.07) is 13.0. The number of carboxylic acids is 1. The number of hydrogen-bond acceptors (Lipinski definition) is 16. The SMILES string of the molecule is Cc1cn2nc([C@@H]3CCCCN3C(=O)OC(C)(C)C)cc2nc1N1CC[C@H](NC(=O)OC(C)(C)C)C1.Cc1cn2nc([C@@H]3CCCCN3C(=O)c3cc(Cl)ccc3CN=[N+]=[N-])cc2nc1N1CC[C@H](NC(=O)OC(C)(C)C)C1.[N-]=[N+]=NCc1ccc(Cl)cc1C(=O)O. The summed E-state index contributed by atoms with van der Waals surface area (Å²) >= 11 is 11.9. The maximum Gasteiger partial charge on any atom is 0.410 e. The first-order chi connectivity index (χ1) is 43.5. The van der Waals surface area contributed by atoms with E-state index in [0.717, 1.165) is 104 Å². The fourth-order valence-electron chi connectivity index (χ4n) is 11.5. The molecule has 6 aromatic rings. The normalized spacial score (nSPS) is 18.4. The number of ether oxygens (including phenoxy) is 3. The first-order valence-electron chi connectivity index (χ1n) is 30.8. The maximum atomic E-state index is 13.8. The largest absolute Gasteiger partial charge is 0.478 e. The number of anilines is 2. The standard InChI is InChI=1S/C29H36ClN9O3.C26H40N6O4.C8H6ClN3O2/c1-18-16-39-25(34-26(18)37-12-10-21(17-37)33-28(41)42-29(2,3)4)14-23(35-39)24-7-5-6-11-38(24)27(40)22-13-20(30)9-8-19(22)15-32-36-31;1-17-15-32-21(28-22(17)30-13-11-18(16-30)27-23(33)35-25(2,3)4)14-19(29-32)20-10-8-9-12-31(20)24(34)36-26(5,6)7;9-6-2-1-5(4-11-12-10)7(3-6)8(13)14/h8-9,13-14,16,21,24H,5-7,10-12,15,17H2,1-4H3,(H,33,41);14-15,18,20H,8-13,16H2,1-7H3,(H,27,33);1-3H,4H2,(H,13,14)/t21-,24-;18-,20-;/m00./s1. The van der Waals surface area contributed by atoms with Crippen molar-refractivity contribution in [2.24, 2.45) is 10.2 Å². The molecule has 0 radical (unpaired) electrons. The highest BCUT2D eigenvalue weighted by Gasteiger charge is 2.36. The minimum Gasteiger partial charge on any atom is -0.478 e. The Balaban J connectivity index is 0.000000198. The summed E-state index contributed by atoms with van der Waals surface area (Å²) in [4.78, 5) is 85.2. The van der Waals surface area contributed by atoms with E-state index in [1.165, 1.54) is 12.1 Å². The highest BCUT2D eigenvalue weighted by atomic mass is 35.5. The zero-order chi connectivity index (χ0) is 66.8. The van der Waals surface area contributed by atoms with Crippen molar-refractivity contribution < 1.29 is 43.3 Å². The van der Waals surface area contributed by atoms with Crippen molar-refractivity contribution in [2.75, 3.05) is 49.1 Å². The number of aromatic carboxylic acids is 1. The second kappa shape index (κ2) is 29.7.